The summed E-state index contributed by atoms with van der Waals surface area (Å²) in [6.07, 6.45) is 1.93. The number of rotatable bonds is 7. The molecule has 3 aromatic rings. The molecule has 10 heteroatoms. The summed E-state index contributed by atoms with van der Waals surface area (Å²) in [5, 5.41) is 8.51. The molecule has 0 unspecified atom stereocenters. The number of thioether (sulfide) groups is 1. The zero-order valence-electron chi connectivity index (χ0n) is 23.3. The molecule has 2 amide bonds. The minimum atomic E-state index is -0.347. The molecule has 3 heterocycles. The van der Waals surface area contributed by atoms with Crippen molar-refractivity contribution >= 4 is 41.0 Å². The molecule has 0 bridgehead atoms. The Morgan fingerprint density at radius 3 is 2.65 bits per heavy atom. The Hall–Kier alpha value is -3.01. The minimum absolute atomic E-state index is 0.0134. The maximum atomic E-state index is 13.8. The first-order valence-electron chi connectivity index (χ1n) is 13.5. The van der Waals surface area contributed by atoms with Crippen LogP contribution in [0.4, 0.5) is 5.82 Å². The van der Waals surface area contributed by atoms with Gasteiger partial charge in [0.1, 0.15) is 18.1 Å². The molecule has 1 saturated heterocycles. The van der Waals surface area contributed by atoms with Crippen molar-refractivity contribution in [3.63, 3.8) is 0 Å². The molecule has 2 aromatic carbocycles. The highest BCUT2D eigenvalue weighted by Gasteiger charge is 2.40. The number of ether oxygens (including phenoxy) is 2. The zero-order valence-corrected chi connectivity index (χ0v) is 24.8. The molecule has 0 radical (unpaired) electrons. The van der Waals surface area contributed by atoms with E-state index in [9.17, 15) is 9.59 Å². The lowest BCUT2D eigenvalue weighted by Gasteiger charge is -2.25. The van der Waals surface area contributed by atoms with E-state index < -0.39 is 0 Å². The van der Waals surface area contributed by atoms with E-state index in [4.69, 9.17) is 26.2 Å². The molecule has 0 spiro atoms. The van der Waals surface area contributed by atoms with Gasteiger partial charge in [-0.15, -0.1) is 11.8 Å². The van der Waals surface area contributed by atoms with E-state index >= 15 is 0 Å². The first-order chi connectivity index (χ1) is 19.2. The summed E-state index contributed by atoms with van der Waals surface area (Å²) in [5.41, 5.74) is 3.17. The van der Waals surface area contributed by atoms with Gasteiger partial charge in [-0.05, 0) is 54.8 Å². The number of fused-ring (bicyclic) bond motifs is 1. The van der Waals surface area contributed by atoms with Crippen molar-refractivity contribution in [2.45, 2.75) is 50.4 Å². The first-order valence-corrected chi connectivity index (χ1v) is 14.9. The average Bonchev–Trinajstić information content (AvgIpc) is 3.56. The average molecular weight is 583 g/mol. The Kier molecular flexibility index (Phi) is 8.44. The lowest BCUT2D eigenvalue weighted by Crippen LogP contribution is -2.44. The highest BCUT2D eigenvalue weighted by atomic mass is 35.5. The maximum Gasteiger partial charge on any atom is 0.240 e. The summed E-state index contributed by atoms with van der Waals surface area (Å²) in [7, 11) is 1.62. The van der Waals surface area contributed by atoms with Crippen molar-refractivity contribution in [2.24, 2.45) is 0 Å². The zero-order chi connectivity index (χ0) is 28.4. The maximum absolute atomic E-state index is 13.8. The van der Waals surface area contributed by atoms with E-state index in [2.05, 4.69) is 26.1 Å². The second-order valence-corrected chi connectivity index (χ2v) is 12.6. The summed E-state index contributed by atoms with van der Waals surface area (Å²) in [6, 6.07) is 15.3. The normalized spacial score (nSPS) is 19.3. The second-order valence-electron chi connectivity index (χ2n) is 11.1. The molecule has 1 aromatic heterocycles. The smallest absolute Gasteiger partial charge is 0.240 e. The molecule has 0 saturated carbocycles. The van der Waals surface area contributed by atoms with Gasteiger partial charge in [-0.25, -0.2) is 4.68 Å². The standard InChI is InChI=1S/C30H35ClN4O4S/c1-30(2,3)28-26-27(19-7-5-8-20(31)15-19)40-18-25(37)34(17-24(36)32-16-23-9-6-14-39-23)29(26)35(33-28)21-10-12-22(38-4)13-11-21/h5,7-8,10-13,15,23,27H,6,9,14,16-18H2,1-4H3,(H,32,36)/t23-,27+/m0/s1. The SMILES string of the molecule is COc1ccc(-n2nc(C(C)(C)C)c3c2N(CC(=O)NC[C@@H]2CCCO2)C(=O)CS[C@@H]3c2cccc(Cl)c2)cc1. The van der Waals surface area contributed by atoms with Crippen LogP contribution in [0.15, 0.2) is 48.5 Å². The Balaban J connectivity index is 1.65. The van der Waals surface area contributed by atoms with E-state index in [-0.39, 0.29) is 40.9 Å². The van der Waals surface area contributed by atoms with Gasteiger partial charge >= 0.3 is 0 Å². The van der Waals surface area contributed by atoms with Gasteiger partial charge in [0.2, 0.25) is 11.8 Å². The van der Waals surface area contributed by atoms with Crippen LogP contribution in [0.1, 0.15) is 55.7 Å². The highest BCUT2D eigenvalue weighted by Crippen LogP contribution is 2.48. The van der Waals surface area contributed by atoms with Crippen molar-refractivity contribution in [3.05, 3.63) is 70.4 Å². The van der Waals surface area contributed by atoms with Gasteiger partial charge in [-0.1, -0.05) is 44.5 Å². The Morgan fingerprint density at radius 2 is 2.00 bits per heavy atom. The van der Waals surface area contributed by atoms with Crippen LogP contribution in [0.5, 0.6) is 5.75 Å². The quantitative estimate of drug-likeness (QED) is 0.407. The molecule has 1 N–H and O–H groups in total. The summed E-state index contributed by atoms with van der Waals surface area (Å²) >= 11 is 7.95. The molecule has 212 valence electrons. The van der Waals surface area contributed by atoms with Crippen molar-refractivity contribution in [2.75, 3.05) is 37.5 Å². The molecule has 40 heavy (non-hydrogen) atoms. The fraction of sp³-hybridized carbons (Fsp3) is 0.433. The number of nitrogens with one attached hydrogen (secondary N) is 1. The Morgan fingerprint density at radius 1 is 1.23 bits per heavy atom. The fourth-order valence-electron chi connectivity index (χ4n) is 5.14. The largest absolute Gasteiger partial charge is 0.497 e. The molecular formula is C30H35ClN4O4S. The van der Waals surface area contributed by atoms with Gasteiger partial charge in [0.25, 0.3) is 0 Å². The molecular weight excluding hydrogens is 548 g/mol. The van der Waals surface area contributed by atoms with Gasteiger partial charge in [-0.3, -0.25) is 14.5 Å². The molecule has 2 aliphatic rings. The predicted molar refractivity (Wildman–Crippen MR) is 159 cm³/mol. The van der Waals surface area contributed by atoms with Crippen molar-refractivity contribution < 1.29 is 19.1 Å². The summed E-state index contributed by atoms with van der Waals surface area (Å²) in [4.78, 5) is 28.6. The number of amides is 2. The lowest BCUT2D eigenvalue weighted by atomic mass is 9.87. The summed E-state index contributed by atoms with van der Waals surface area (Å²) < 4.78 is 12.8. The van der Waals surface area contributed by atoms with Crippen LogP contribution in [0.3, 0.4) is 0 Å². The molecule has 2 atom stereocenters. The van der Waals surface area contributed by atoms with Crippen LogP contribution in [0, 0.1) is 0 Å². The first kappa shape index (κ1) is 28.5. The lowest BCUT2D eigenvalue weighted by molar-refractivity contribution is -0.123. The Bertz CT molecular complexity index is 1380. The number of benzene rings is 2. The number of anilines is 1. The van der Waals surface area contributed by atoms with E-state index in [1.165, 1.54) is 11.8 Å². The molecule has 2 aliphatic heterocycles. The van der Waals surface area contributed by atoms with Crippen molar-refractivity contribution in [1.82, 2.24) is 15.1 Å². The van der Waals surface area contributed by atoms with E-state index in [0.29, 0.717) is 29.7 Å². The Labute approximate surface area is 244 Å². The van der Waals surface area contributed by atoms with E-state index in [0.717, 1.165) is 35.3 Å². The number of hydrogen-bond donors (Lipinski definition) is 1. The van der Waals surface area contributed by atoms with Crippen LogP contribution in [-0.2, 0) is 19.7 Å². The number of carbonyl (C=O) groups excluding carboxylic acids is 2. The number of methoxy groups -OCH3 is 1. The third-order valence-electron chi connectivity index (χ3n) is 7.12. The van der Waals surface area contributed by atoms with Crippen LogP contribution >= 0.6 is 23.4 Å². The van der Waals surface area contributed by atoms with Crippen LogP contribution in [-0.4, -0.2) is 60.3 Å². The topological polar surface area (TPSA) is 85.7 Å². The van der Waals surface area contributed by atoms with Gasteiger partial charge < -0.3 is 14.8 Å². The highest BCUT2D eigenvalue weighted by molar-refractivity contribution is 8.00. The van der Waals surface area contributed by atoms with Gasteiger partial charge in [0.05, 0.1) is 35.6 Å². The molecule has 5 rings (SSSR count). The van der Waals surface area contributed by atoms with Crippen LogP contribution in [0.25, 0.3) is 5.69 Å². The molecule has 1 fully saturated rings. The van der Waals surface area contributed by atoms with Crippen molar-refractivity contribution in [1.29, 1.82) is 0 Å². The van der Waals surface area contributed by atoms with Gasteiger partial charge in [-0.2, -0.15) is 5.10 Å². The van der Waals surface area contributed by atoms with E-state index in [1.807, 2.05) is 48.5 Å². The third kappa shape index (κ3) is 6.01. The number of aromatic nitrogens is 2. The minimum Gasteiger partial charge on any atom is -0.497 e. The molecule has 0 aliphatic carbocycles. The third-order valence-corrected chi connectivity index (χ3v) is 8.61. The van der Waals surface area contributed by atoms with Gasteiger partial charge in [0.15, 0.2) is 0 Å². The number of halogens is 1. The number of nitrogens with zero attached hydrogens (tertiary/aromatic N) is 3. The van der Waals surface area contributed by atoms with Crippen LogP contribution < -0.4 is 15.0 Å². The van der Waals surface area contributed by atoms with Crippen molar-refractivity contribution in [3.8, 4) is 11.4 Å². The van der Waals surface area contributed by atoms with E-state index in [1.54, 1.807) is 16.7 Å². The second kappa shape index (κ2) is 11.8. The predicted octanol–water partition coefficient (Wildman–Crippen LogP) is 5.30. The fourth-order valence-corrected chi connectivity index (χ4v) is 6.53. The molecule has 8 nitrogen and oxygen atoms in total. The summed E-state index contributed by atoms with van der Waals surface area (Å²) in [6.45, 7) is 7.36. The number of hydrogen-bond acceptors (Lipinski definition) is 6. The summed E-state index contributed by atoms with van der Waals surface area (Å²) in [5.74, 6) is 1.13. The number of carbonyl (C=O) groups is 2. The van der Waals surface area contributed by atoms with Crippen LogP contribution in [0.2, 0.25) is 5.02 Å². The van der Waals surface area contributed by atoms with Gasteiger partial charge in [0, 0.05) is 29.2 Å². The monoisotopic (exact) mass is 582 g/mol.